The van der Waals surface area contributed by atoms with Crippen molar-refractivity contribution in [3.63, 3.8) is 0 Å². The van der Waals surface area contributed by atoms with Gasteiger partial charge in [0.05, 0.1) is 23.4 Å². The maximum atomic E-state index is 13.0. The Kier molecular flexibility index (Phi) is 5.30. The van der Waals surface area contributed by atoms with Crippen molar-refractivity contribution in [2.24, 2.45) is 0 Å². The summed E-state index contributed by atoms with van der Waals surface area (Å²) < 4.78 is 8.22. The number of para-hydroxylation sites is 3. The molecule has 1 aromatic heterocycles. The summed E-state index contributed by atoms with van der Waals surface area (Å²) >= 11 is 6.81. The fraction of sp³-hybridized carbons (Fsp3) is 0.130. The Morgan fingerprint density at radius 2 is 1.72 bits per heavy atom. The number of amides is 1. The van der Waals surface area contributed by atoms with Crippen LogP contribution in [0.2, 0.25) is 0 Å². The maximum absolute atomic E-state index is 13.0. The Morgan fingerprint density at radius 3 is 2.45 bits per heavy atom. The number of carbonyl (C=O) groups excluding carboxylic acids is 1. The predicted octanol–water partition coefficient (Wildman–Crippen LogP) is 5.51. The van der Waals surface area contributed by atoms with Crippen LogP contribution in [0.25, 0.3) is 11.8 Å². The summed E-state index contributed by atoms with van der Waals surface area (Å²) in [6.45, 7) is 4.09. The number of ether oxygens (including phenoxy) is 1. The number of thiocarbonyl (C=S) groups is 1. The van der Waals surface area contributed by atoms with Gasteiger partial charge in [0.2, 0.25) is 0 Å². The van der Waals surface area contributed by atoms with Crippen LogP contribution < -0.4 is 9.64 Å². The molecule has 1 amide bonds. The lowest BCUT2D eigenvalue weighted by molar-refractivity contribution is -0.113. The van der Waals surface area contributed by atoms with Crippen molar-refractivity contribution in [2.45, 2.75) is 13.8 Å². The lowest BCUT2D eigenvalue weighted by Gasteiger charge is -2.14. The van der Waals surface area contributed by atoms with Crippen LogP contribution in [0.1, 0.15) is 17.0 Å². The molecule has 1 saturated heterocycles. The van der Waals surface area contributed by atoms with Gasteiger partial charge in [0.15, 0.2) is 4.32 Å². The molecule has 2 heterocycles. The molecule has 0 N–H and O–H groups in total. The molecule has 3 aromatic rings. The monoisotopic (exact) mass is 420 g/mol. The first kappa shape index (κ1) is 19.5. The Bertz CT molecular complexity index is 1130. The van der Waals surface area contributed by atoms with Crippen molar-refractivity contribution in [1.82, 2.24) is 4.57 Å². The molecule has 0 bridgehead atoms. The zero-order valence-corrected chi connectivity index (χ0v) is 18.0. The van der Waals surface area contributed by atoms with Crippen LogP contribution in [0.3, 0.4) is 0 Å². The van der Waals surface area contributed by atoms with Gasteiger partial charge in [0, 0.05) is 11.4 Å². The number of anilines is 1. The molecule has 2 aromatic carbocycles. The third-order valence-electron chi connectivity index (χ3n) is 4.89. The molecular weight excluding hydrogens is 400 g/mol. The minimum atomic E-state index is -0.0895. The number of methoxy groups -OCH3 is 1. The summed E-state index contributed by atoms with van der Waals surface area (Å²) in [5.74, 6) is 0.713. The molecule has 0 radical (unpaired) electrons. The van der Waals surface area contributed by atoms with E-state index in [1.165, 1.54) is 11.8 Å². The van der Waals surface area contributed by atoms with Crippen molar-refractivity contribution in [3.05, 3.63) is 82.5 Å². The second-order valence-corrected chi connectivity index (χ2v) is 8.36. The van der Waals surface area contributed by atoms with E-state index < -0.39 is 0 Å². The molecule has 0 saturated carbocycles. The molecule has 1 aliphatic heterocycles. The number of carbonyl (C=O) groups is 1. The van der Waals surface area contributed by atoms with Gasteiger partial charge in [-0.25, -0.2) is 0 Å². The molecular formula is C23H20N2O2S2. The van der Waals surface area contributed by atoms with E-state index in [-0.39, 0.29) is 5.91 Å². The number of aromatic nitrogens is 1. The second-order valence-electron chi connectivity index (χ2n) is 6.69. The van der Waals surface area contributed by atoms with Crippen molar-refractivity contribution in [2.75, 3.05) is 12.0 Å². The molecule has 0 atom stereocenters. The zero-order chi connectivity index (χ0) is 20.5. The quantitative estimate of drug-likeness (QED) is 0.412. The Labute approximate surface area is 179 Å². The molecule has 4 rings (SSSR count). The third-order valence-corrected chi connectivity index (χ3v) is 6.19. The summed E-state index contributed by atoms with van der Waals surface area (Å²) in [5, 5.41) is 0. The van der Waals surface area contributed by atoms with Crippen LogP contribution in [0.4, 0.5) is 5.69 Å². The molecule has 1 aliphatic rings. The van der Waals surface area contributed by atoms with E-state index in [0.717, 1.165) is 34.1 Å². The van der Waals surface area contributed by atoms with E-state index in [4.69, 9.17) is 17.0 Å². The average Bonchev–Trinajstić information content (AvgIpc) is 3.17. The van der Waals surface area contributed by atoms with Gasteiger partial charge in [-0.2, -0.15) is 0 Å². The largest absolute Gasteiger partial charge is 0.495 e. The van der Waals surface area contributed by atoms with E-state index >= 15 is 0 Å². The maximum Gasteiger partial charge on any atom is 0.270 e. The normalized spacial score (nSPS) is 15.4. The van der Waals surface area contributed by atoms with Crippen molar-refractivity contribution >= 4 is 46.0 Å². The highest BCUT2D eigenvalue weighted by Crippen LogP contribution is 2.37. The van der Waals surface area contributed by atoms with Crippen molar-refractivity contribution in [1.29, 1.82) is 0 Å². The van der Waals surface area contributed by atoms with Gasteiger partial charge >= 0.3 is 0 Å². The summed E-state index contributed by atoms with van der Waals surface area (Å²) in [6.07, 6.45) is 1.93. The number of benzene rings is 2. The summed E-state index contributed by atoms with van der Waals surface area (Å²) in [7, 11) is 1.67. The average molecular weight is 421 g/mol. The lowest BCUT2D eigenvalue weighted by Crippen LogP contribution is -2.27. The highest BCUT2D eigenvalue weighted by Gasteiger charge is 2.33. The van der Waals surface area contributed by atoms with Crippen LogP contribution in [-0.4, -0.2) is 21.9 Å². The second kappa shape index (κ2) is 7.89. The van der Waals surface area contributed by atoms with E-state index in [0.29, 0.717) is 9.23 Å². The number of nitrogens with zero attached hydrogens (tertiary/aromatic N) is 2. The first-order valence-electron chi connectivity index (χ1n) is 9.16. The molecule has 29 heavy (non-hydrogen) atoms. The van der Waals surface area contributed by atoms with Crippen LogP contribution in [0.15, 0.2) is 65.6 Å². The Balaban J connectivity index is 1.73. The van der Waals surface area contributed by atoms with Gasteiger partial charge in [-0.15, -0.1) is 0 Å². The molecule has 146 valence electrons. The number of aryl methyl sites for hydroxylation is 1. The van der Waals surface area contributed by atoms with E-state index in [1.54, 1.807) is 12.0 Å². The topological polar surface area (TPSA) is 34.5 Å². The summed E-state index contributed by atoms with van der Waals surface area (Å²) in [6, 6.07) is 19.5. The Hall–Kier alpha value is -2.83. The van der Waals surface area contributed by atoms with Gasteiger partial charge in [0.25, 0.3) is 5.91 Å². The lowest BCUT2D eigenvalue weighted by atomic mass is 10.2. The zero-order valence-electron chi connectivity index (χ0n) is 16.4. The van der Waals surface area contributed by atoms with Gasteiger partial charge in [0.1, 0.15) is 5.75 Å². The van der Waals surface area contributed by atoms with E-state index in [9.17, 15) is 4.79 Å². The number of hydrogen-bond donors (Lipinski definition) is 0. The van der Waals surface area contributed by atoms with Crippen LogP contribution >= 0.6 is 24.0 Å². The minimum Gasteiger partial charge on any atom is -0.495 e. The summed E-state index contributed by atoms with van der Waals surface area (Å²) in [4.78, 5) is 15.2. The van der Waals surface area contributed by atoms with Crippen molar-refractivity contribution in [3.8, 4) is 11.4 Å². The fourth-order valence-electron chi connectivity index (χ4n) is 3.53. The SMILES string of the molecule is COc1ccccc1-n1c(C)cc(C=C2SC(=S)N(c3ccccc3)C2=O)c1C. The first-order valence-corrected chi connectivity index (χ1v) is 10.4. The van der Waals surface area contributed by atoms with Crippen LogP contribution in [-0.2, 0) is 4.79 Å². The van der Waals surface area contributed by atoms with Crippen LogP contribution in [0, 0.1) is 13.8 Å². The van der Waals surface area contributed by atoms with E-state index in [2.05, 4.69) is 10.6 Å². The first-order chi connectivity index (χ1) is 14.0. The highest BCUT2D eigenvalue weighted by atomic mass is 32.2. The smallest absolute Gasteiger partial charge is 0.270 e. The van der Waals surface area contributed by atoms with Gasteiger partial charge in [-0.3, -0.25) is 9.69 Å². The molecule has 0 aliphatic carbocycles. The fourth-order valence-corrected chi connectivity index (χ4v) is 4.82. The van der Waals surface area contributed by atoms with Gasteiger partial charge in [-0.1, -0.05) is 54.3 Å². The van der Waals surface area contributed by atoms with E-state index in [1.807, 2.05) is 74.5 Å². The molecule has 4 nitrogen and oxygen atoms in total. The number of thioether (sulfide) groups is 1. The molecule has 0 unspecified atom stereocenters. The number of rotatable bonds is 4. The molecule has 0 spiro atoms. The molecule has 1 fully saturated rings. The Morgan fingerprint density at radius 1 is 1.03 bits per heavy atom. The van der Waals surface area contributed by atoms with Crippen LogP contribution in [0.5, 0.6) is 5.75 Å². The molecule has 6 heteroatoms. The predicted molar refractivity (Wildman–Crippen MR) is 124 cm³/mol. The van der Waals surface area contributed by atoms with Gasteiger partial charge in [-0.05, 0) is 55.8 Å². The summed E-state index contributed by atoms with van der Waals surface area (Å²) in [5.41, 5.74) is 4.86. The number of hydrogen-bond acceptors (Lipinski definition) is 4. The van der Waals surface area contributed by atoms with Crippen molar-refractivity contribution < 1.29 is 9.53 Å². The third kappa shape index (κ3) is 3.50. The standard InChI is InChI=1S/C23H20N2O2S2/c1-15-13-17(16(2)24(15)19-11-7-8-12-20(19)27-3)14-21-22(26)25(23(28)29-21)18-9-5-4-6-10-18/h4-14H,1-3H3. The highest BCUT2D eigenvalue weighted by molar-refractivity contribution is 8.27. The minimum absolute atomic E-state index is 0.0895. The van der Waals surface area contributed by atoms with Gasteiger partial charge < -0.3 is 9.30 Å².